The van der Waals surface area contributed by atoms with Gasteiger partial charge in [-0.25, -0.2) is 4.98 Å². The van der Waals surface area contributed by atoms with Crippen LogP contribution >= 0.6 is 0 Å². The topological polar surface area (TPSA) is 74.2 Å². The molecule has 2 rings (SSSR count). The lowest BCUT2D eigenvalue weighted by Gasteiger charge is -2.08. The first-order chi connectivity index (χ1) is 7.20. The third-order valence-corrected chi connectivity index (χ3v) is 1.84. The van der Waals surface area contributed by atoms with Crippen molar-refractivity contribution in [2.45, 2.75) is 26.5 Å². The molecule has 80 valence electrons. The molecule has 2 aromatic heterocycles. The number of fused-ring (bicyclic) bond motifs is 1. The van der Waals surface area contributed by atoms with Gasteiger partial charge in [0, 0.05) is 12.3 Å². The molecule has 2 aromatic rings. The summed E-state index contributed by atoms with van der Waals surface area (Å²) in [6.45, 7) is 4.16. The smallest absolute Gasteiger partial charge is 0.215 e. The lowest BCUT2D eigenvalue weighted by Crippen LogP contribution is -2.05. The van der Waals surface area contributed by atoms with Crippen molar-refractivity contribution < 1.29 is 9.15 Å². The second-order valence-electron chi connectivity index (χ2n) is 3.44. The third kappa shape index (κ3) is 1.92. The highest BCUT2D eigenvalue weighted by Crippen LogP contribution is 2.25. The minimum Gasteiger partial charge on any atom is -0.487 e. The van der Waals surface area contributed by atoms with Gasteiger partial charge in [0.15, 0.2) is 5.75 Å². The van der Waals surface area contributed by atoms with E-state index in [1.54, 1.807) is 12.3 Å². The fourth-order valence-corrected chi connectivity index (χ4v) is 1.29. The molecule has 0 spiro atoms. The van der Waals surface area contributed by atoms with E-state index in [-0.39, 0.29) is 12.6 Å². The monoisotopic (exact) mass is 207 g/mol. The summed E-state index contributed by atoms with van der Waals surface area (Å²) in [6.07, 6.45) is 1.73. The van der Waals surface area contributed by atoms with Crippen LogP contribution in [0.5, 0.6) is 5.75 Å². The summed E-state index contributed by atoms with van der Waals surface area (Å²) in [7, 11) is 0. The first-order valence-electron chi connectivity index (χ1n) is 4.82. The van der Waals surface area contributed by atoms with Crippen molar-refractivity contribution in [2.24, 2.45) is 5.73 Å². The van der Waals surface area contributed by atoms with Crippen molar-refractivity contribution in [3.8, 4) is 5.75 Å². The van der Waals surface area contributed by atoms with Crippen molar-refractivity contribution in [1.29, 1.82) is 0 Å². The van der Waals surface area contributed by atoms with Crippen LogP contribution in [0.25, 0.3) is 11.2 Å². The maximum atomic E-state index is 5.57. The van der Waals surface area contributed by atoms with Crippen LogP contribution in [0.2, 0.25) is 0 Å². The molecule has 0 aromatic carbocycles. The van der Waals surface area contributed by atoms with Crippen LogP contribution < -0.4 is 10.5 Å². The molecule has 0 atom stereocenters. The van der Waals surface area contributed by atoms with Crippen LogP contribution in [0.15, 0.2) is 16.7 Å². The zero-order valence-corrected chi connectivity index (χ0v) is 8.73. The summed E-state index contributed by atoms with van der Waals surface area (Å²) in [6, 6.07) is 1.76. The van der Waals surface area contributed by atoms with Gasteiger partial charge in [0.2, 0.25) is 17.1 Å². The summed E-state index contributed by atoms with van der Waals surface area (Å²) in [5.41, 5.74) is 6.54. The second-order valence-corrected chi connectivity index (χ2v) is 3.44. The van der Waals surface area contributed by atoms with Gasteiger partial charge in [-0.05, 0) is 13.8 Å². The summed E-state index contributed by atoms with van der Waals surface area (Å²) in [5.74, 6) is 1.12. The Labute approximate surface area is 87.3 Å². The average molecular weight is 207 g/mol. The number of oxazole rings is 1. The third-order valence-electron chi connectivity index (χ3n) is 1.84. The van der Waals surface area contributed by atoms with Crippen LogP contribution in [-0.4, -0.2) is 16.1 Å². The zero-order chi connectivity index (χ0) is 10.8. The van der Waals surface area contributed by atoms with E-state index in [2.05, 4.69) is 9.97 Å². The van der Waals surface area contributed by atoms with E-state index in [4.69, 9.17) is 14.9 Å². The van der Waals surface area contributed by atoms with Gasteiger partial charge in [-0.3, -0.25) is 0 Å². The van der Waals surface area contributed by atoms with E-state index < -0.39 is 0 Å². The minimum atomic E-state index is 0.0852. The van der Waals surface area contributed by atoms with E-state index in [0.29, 0.717) is 22.9 Å². The average Bonchev–Trinajstić information content (AvgIpc) is 2.61. The molecule has 0 saturated carbocycles. The number of ether oxygens (including phenoxy) is 1. The molecule has 5 nitrogen and oxygen atoms in total. The SMILES string of the molecule is CC(C)Oc1ccnc2nc(CN)oc12. The maximum Gasteiger partial charge on any atom is 0.215 e. The molecule has 0 radical (unpaired) electrons. The first kappa shape index (κ1) is 9.92. The fourth-order valence-electron chi connectivity index (χ4n) is 1.29. The van der Waals surface area contributed by atoms with Crippen molar-refractivity contribution in [1.82, 2.24) is 9.97 Å². The van der Waals surface area contributed by atoms with Gasteiger partial charge in [-0.15, -0.1) is 0 Å². The maximum absolute atomic E-state index is 5.57. The molecular weight excluding hydrogens is 194 g/mol. The molecule has 0 saturated heterocycles. The van der Waals surface area contributed by atoms with Crippen molar-refractivity contribution >= 4 is 11.2 Å². The number of rotatable bonds is 3. The minimum absolute atomic E-state index is 0.0852. The largest absolute Gasteiger partial charge is 0.487 e. The van der Waals surface area contributed by atoms with Gasteiger partial charge in [0.25, 0.3) is 0 Å². The zero-order valence-electron chi connectivity index (χ0n) is 8.73. The van der Waals surface area contributed by atoms with E-state index in [9.17, 15) is 0 Å². The quantitative estimate of drug-likeness (QED) is 0.824. The predicted octanol–water partition coefficient (Wildman–Crippen LogP) is 1.47. The Morgan fingerprint density at radius 2 is 2.33 bits per heavy atom. The molecule has 0 aliphatic heterocycles. The molecular formula is C10H13N3O2. The Balaban J connectivity index is 2.49. The number of hydrogen-bond acceptors (Lipinski definition) is 5. The number of aromatic nitrogens is 2. The number of nitrogens with zero attached hydrogens (tertiary/aromatic N) is 2. The van der Waals surface area contributed by atoms with E-state index >= 15 is 0 Å². The normalized spacial score (nSPS) is 11.2. The molecule has 15 heavy (non-hydrogen) atoms. The molecule has 0 aliphatic carbocycles. The van der Waals surface area contributed by atoms with E-state index in [0.717, 1.165) is 0 Å². The lowest BCUT2D eigenvalue weighted by atomic mass is 10.4. The highest BCUT2D eigenvalue weighted by Gasteiger charge is 2.11. The van der Waals surface area contributed by atoms with E-state index in [1.807, 2.05) is 13.8 Å². The molecule has 2 N–H and O–H groups in total. The van der Waals surface area contributed by atoms with Gasteiger partial charge >= 0.3 is 0 Å². The van der Waals surface area contributed by atoms with Crippen LogP contribution in [0, 0.1) is 0 Å². The summed E-state index contributed by atoms with van der Waals surface area (Å²) < 4.78 is 11.0. The molecule has 0 amide bonds. The highest BCUT2D eigenvalue weighted by molar-refractivity contribution is 5.75. The lowest BCUT2D eigenvalue weighted by molar-refractivity contribution is 0.242. The van der Waals surface area contributed by atoms with Crippen molar-refractivity contribution in [2.75, 3.05) is 0 Å². The van der Waals surface area contributed by atoms with Crippen molar-refractivity contribution in [3.63, 3.8) is 0 Å². The second kappa shape index (κ2) is 3.86. The Hall–Kier alpha value is -1.62. The Morgan fingerprint density at radius 3 is 3.00 bits per heavy atom. The van der Waals surface area contributed by atoms with Gasteiger partial charge in [-0.2, -0.15) is 4.98 Å². The standard InChI is InChI=1S/C10H13N3O2/c1-6(2)14-7-3-4-12-10-9(7)15-8(5-11)13-10/h3-4,6H,5,11H2,1-2H3. The predicted molar refractivity (Wildman–Crippen MR) is 55.5 cm³/mol. The Bertz CT molecular complexity index is 465. The van der Waals surface area contributed by atoms with Crippen LogP contribution in [0.1, 0.15) is 19.7 Å². The van der Waals surface area contributed by atoms with Crippen LogP contribution in [0.4, 0.5) is 0 Å². The van der Waals surface area contributed by atoms with Gasteiger partial charge in [0.05, 0.1) is 12.6 Å². The molecule has 0 bridgehead atoms. The first-order valence-corrected chi connectivity index (χ1v) is 4.82. The van der Waals surface area contributed by atoms with Crippen LogP contribution in [-0.2, 0) is 6.54 Å². The molecule has 0 fully saturated rings. The molecule has 0 aliphatic rings. The van der Waals surface area contributed by atoms with Gasteiger partial charge < -0.3 is 14.9 Å². The number of pyridine rings is 1. The van der Waals surface area contributed by atoms with Gasteiger partial charge in [-0.1, -0.05) is 0 Å². The number of hydrogen-bond donors (Lipinski definition) is 1. The fraction of sp³-hybridized carbons (Fsp3) is 0.400. The van der Waals surface area contributed by atoms with Crippen molar-refractivity contribution in [3.05, 3.63) is 18.2 Å². The Morgan fingerprint density at radius 1 is 1.53 bits per heavy atom. The van der Waals surface area contributed by atoms with Gasteiger partial charge in [0.1, 0.15) is 0 Å². The molecule has 2 heterocycles. The summed E-state index contributed by atoms with van der Waals surface area (Å²) >= 11 is 0. The molecule has 5 heteroatoms. The number of nitrogens with two attached hydrogens (primary N) is 1. The Kier molecular flexibility index (Phi) is 2.55. The molecule has 0 unspecified atom stereocenters. The van der Waals surface area contributed by atoms with Crippen LogP contribution in [0.3, 0.4) is 0 Å². The highest BCUT2D eigenvalue weighted by atomic mass is 16.5. The van der Waals surface area contributed by atoms with E-state index in [1.165, 1.54) is 0 Å². The summed E-state index contributed by atoms with van der Waals surface area (Å²) in [5, 5.41) is 0. The summed E-state index contributed by atoms with van der Waals surface area (Å²) in [4.78, 5) is 8.19.